The standard InChI is InChI=1S/C22H33N5O2/c1-21(2,3)20-24-18-16(19(28)25-20)5-6-22(18)7-10-26(11-8-22)15-17-23-9-12-27(17)13-14-29-4/h9,12H,5-8,10-11,13-15H2,1-4H3,(H,24,25,28). The van der Waals surface area contributed by atoms with E-state index in [2.05, 4.69) is 40.2 Å². The fraction of sp³-hybridized carbons (Fsp3) is 0.682. The van der Waals surface area contributed by atoms with Crippen molar-refractivity contribution in [1.29, 1.82) is 0 Å². The van der Waals surface area contributed by atoms with Gasteiger partial charge in [-0.25, -0.2) is 9.97 Å². The largest absolute Gasteiger partial charge is 0.383 e. The minimum Gasteiger partial charge on any atom is -0.383 e. The first kappa shape index (κ1) is 20.3. The molecule has 1 aliphatic carbocycles. The number of nitrogens with one attached hydrogen (secondary N) is 1. The molecule has 1 saturated heterocycles. The van der Waals surface area contributed by atoms with Crippen LogP contribution in [0.3, 0.4) is 0 Å². The van der Waals surface area contributed by atoms with Crippen molar-refractivity contribution in [3.63, 3.8) is 0 Å². The first-order chi connectivity index (χ1) is 13.8. The molecular formula is C22H33N5O2. The van der Waals surface area contributed by atoms with Crippen LogP contribution in [-0.2, 0) is 35.1 Å². The number of hydrogen-bond donors (Lipinski definition) is 1. The van der Waals surface area contributed by atoms with Crippen molar-refractivity contribution in [2.75, 3.05) is 26.8 Å². The third-order valence-corrected chi connectivity index (χ3v) is 6.60. The summed E-state index contributed by atoms with van der Waals surface area (Å²) in [6, 6.07) is 0. The first-order valence-electron chi connectivity index (χ1n) is 10.7. The van der Waals surface area contributed by atoms with E-state index >= 15 is 0 Å². The van der Waals surface area contributed by atoms with Crippen molar-refractivity contribution in [1.82, 2.24) is 24.4 Å². The average Bonchev–Trinajstić information content (AvgIpc) is 3.27. The Balaban J connectivity index is 1.49. The summed E-state index contributed by atoms with van der Waals surface area (Å²) in [5, 5.41) is 0. The molecule has 0 radical (unpaired) electrons. The predicted molar refractivity (Wildman–Crippen MR) is 112 cm³/mol. The molecule has 158 valence electrons. The van der Waals surface area contributed by atoms with Crippen LogP contribution in [0.1, 0.15) is 62.9 Å². The highest BCUT2D eigenvalue weighted by molar-refractivity contribution is 5.34. The predicted octanol–water partition coefficient (Wildman–Crippen LogP) is 2.39. The Morgan fingerprint density at radius 1 is 1.24 bits per heavy atom. The highest BCUT2D eigenvalue weighted by atomic mass is 16.5. The smallest absolute Gasteiger partial charge is 0.254 e. The molecule has 4 rings (SSSR count). The molecule has 2 aliphatic rings. The van der Waals surface area contributed by atoms with Gasteiger partial charge in [0.25, 0.3) is 5.56 Å². The Kier molecular flexibility index (Phi) is 5.38. The van der Waals surface area contributed by atoms with Gasteiger partial charge in [0.15, 0.2) is 0 Å². The lowest BCUT2D eigenvalue weighted by atomic mass is 9.76. The fourth-order valence-corrected chi connectivity index (χ4v) is 4.72. The molecule has 0 atom stereocenters. The highest BCUT2D eigenvalue weighted by Crippen LogP contribution is 2.44. The molecule has 7 heteroatoms. The molecule has 0 amide bonds. The number of methoxy groups -OCH3 is 1. The molecule has 2 aromatic rings. The van der Waals surface area contributed by atoms with E-state index in [1.807, 2.05) is 12.4 Å². The van der Waals surface area contributed by atoms with E-state index < -0.39 is 0 Å². The topological polar surface area (TPSA) is 76.0 Å². The van der Waals surface area contributed by atoms with Crippen LogP contribution in [-0.4, -0.2) is 51.2 Å². The summed E-state index contributed by atoms with van der Waals surface area (Å²) in [6.45, 7) is 10.7. The van der Waals surface area contributed by atoms with Gasteiger partial charge in [-0.15, -0.1) is 0 Å². The normalized spacial score (nSPS) is 19.0. The lowest BCUT2D eigenvalue weighted by Crippen LogP contribution is -2.42. The number of piperidine rings is 1. The molecule has 7 nitrogen and oxygen atoms in total. The van der Waals surface area contributed by atoms with E-state index in [0.717, 1.165) is 74.8 Å². The van der Waals surface area contributed by atoms with Crippen LogP contribution >= 0.6 is 0 Å². The Labute approximate surface area is 172 Å². The zero-order valence-corrected chi connectivity index (χ0v) is 18.1. The molecule has 2 aromatic heterocycles. The number of hydrogen-bond acceptors (Lipinski definition) is 5. The molecule has 1 aliphatic heterocycles. The highest BCUT2D eigenvalue weighted by Gasteiger charge is 2.44. The van der Waals surface area contributed by atoms with Gasteiger partial charge in [0.1, 0.15) is 11.6 Å². The van der Waals surface area contributed by atoms with E-state index in [-0.39, 0.29) is 16.4 Å². The number of nitrogens with zero attached hydrogens (tertiary/aromatic N) is 4. The van der Waals surface area contributed by atoms with E-state index in [4.69, 9.17) is 9.72 Å². The number of imidazole rings is 1. The van der Waals surface area contributed by atoms with Gasteiger partial charge in [-0.3, -0.25) is 9.69 Å². The fourth-order valence-electron chi connectivity index (χ4n) is 4.72. The zero-order valence-electron chi connectivity index (χ0n) is 18.1. The van der Waals surface area contributed by atoms with Crippen LogP contribution in [0.4, 0.5) is 0 Å². The lowest BCUT2D eigenvalue weighted by Gasteiger charge is -2.39. The first-order valence-corrected chi connectivity index (χ1v) is 10.7. The molecule has 1 fully saturated rings. The van der Waals surface area contributed by atoms with Crippen molar-refractivity contribution in [2.24, 2.45) is 0 Å². The van der Waals surface area contributed by atoms with E-state index in [1.165, 1.54) is 0 Å². The monoisotopic (exact) mass is 399 g/mol. The van der Waals surface area contributed by atoms with Crippen molar-refractivity contribution < 1.29 is 4.74 Å². The lowest BCUT2D eigenvalue weighted by molar-refractivity contribution is 0.143. The maximum Gasteiger partial charge on any atom is 0.254 e. The molecule has 0 aromatic carbocycles. The minimum absolute atomic E-state index is 0.0611. The van der Waals surface area contributed by atoms with Crippen LogP contribution in [0.5, 0.6) is 0 Å². The average molecular weight is 400 g/mol. The summed E-state index contributed by atoms with van der Waals surface area (Å²) in [7, 11) is 1.73. The van der Waals surface area contributed by atoms with Crippen LogP contribution in [0.15, 0.2) is 17.2 Å². The molecule has 0 unspecified atom stereocenters. The molecule has 0 bridgehead atoms. The van der Waals surface area contributed by atoms with Gasteiger partial charge >= 0.3 is 0 Å². The number of H-pyrrole nitrogens is 1. The molecule has 0 saturated carbocycles. The van der Waals surface area contributed by atoms with Crippen molar-refractivity contribution in [3.05, 3.63) is 45.7 Å². The van der Waals surface area contributed by atoms with E-state index in [0.29, 0.717) is 6.61 Å². The second-order valence-corrected chi connectivity index (χ2v) is 9.58. The molecule has 1 spiro atoms. The van der Waals surface area contributed by atoms with Gasteiger partial charge in [-0.05, 0) is 38.8 Å². The van der Waals surface area contributed by atoms with Gasteiger partial charge in [0.05, 0.1) is 18.8 Å². The minimum atomic E-state index is -0.155. The Morgan fingerprint density at radius 3 is 2.69 bits per heavy atom. The van der Waals surface area contributed by atoms with E-state index in [1.54, 1.807) is 7.11 Å². The number of fused-ring (bicyclic) bond motifs is 2. The number of likely N-dealkylation sites (tertiary alicyclic amines) is 1. The quantitative estimate of drug-likeness (QED) is 0.835. The summed E-state index contributed by atoms with van der Waals surface area (Å²) in [6.07, 6.45) is 7.90. The summed E-state index contributed by atoms with van der Waals surface area (Å²) in [5.41, 5.74) is 1.97. The Bertz CT molecular complexity index is 916. The summed E-state index contributed by atoms with van der Waals surface area (Å²) >= 11 is 0. The Hall–Kier alpha value is -1.99. The second kappa shape index (κ2) is 7.69. The van der Waals surface area contributed by atoms with Crippen LogP contribution in [0.25, 0.3) is 0 Å². The van der Waals surface area contributed by atoms with Crippen LogP contribution in [0.2, 0.25) is 0 Å². The van der Waals surface area contributed by atoms with Gasteiger partial charge in [0.2, 0.25) is 0 Å². The number of aromatic nitrogens is 4. The van der Waals surface area contributed by atoms with Gasteiger partial charge < -0.3 is 14.3 Å². The van der Waals surface area contributed by atoms with Crippen molar-refractivity contribution in [3.8, 4) is 0 Å². The number of rotatable bonds is 5. The zero-order chi connectivity index (χ0) is 20.6. The maximum absolute atomic E-state index is 12.7. The molecule has 29 heavy (non-hydrogen) atoms. The SMILES string of the molecule is COCCn1ccnc1CN1CCC2(CCc3c2nc(C(C)(C)C)[nH]c3=O)CC1. The summed E-state index contributed by atoms with van der Waals surface area (Å²) < 4.78 is 7.38. The number of ether oxygens (including phenoxy) is 1. The second-order valence-electron chi connectivity index (χ2n) is 9.58. The van der Waals surface area contributed by atoms with Gasteiger partial charge in [0, 0.05) is 42.4 Å². The van der Waals surface area contributed by atoms with Crippen LogP contribution < -0.4 is 5.56 Å². The summed E-state index contributed by atoms with van der Waals surface area (Å²) in [5.74, 6) is 1.90. The van der Waals surface area contributed by atoms with Gasteiger partial charge in [-0.2, -0.15) is 0 Å². The Morgan fingerprint density at radius 2 is 2.00 bits per heavy atom. The third-order valence-electron chi connectivity index (χ3n) is 6.60. The molecular weight excluding hydrogens is 366 g/mol. The third kappa shape index (κ3) is 3.90. The van der Waals surface area contributed by atoms with E-state index in [9.17, 15) is 4.79 Å². The van der Waals surface area contributed by atoms with Crippen molar-refractivity contribution >= 4 is 0 Å². The maximum atomic E-state index is 12.7. The van der Waals surface area contributed by atoms with Crippen LogP contribution in [0, 0.1) is 0 Å². The summed E-state index contributed by atoms with van der Waals surface area (Å²) in [4.78, 5) is 27.7. The number of aromatic amines is 1. The van der Waals surface area contributed by atoms with Gasteiger partial charge in [-0.1, -0.05) is 20.8 Å². The molecule has 3 heterocycles. The van der Waals surface area contributed by atoms with Crippen molar-refractivity contribution in [2.45, 2.75) is 70.4 Å². The molecule has 1 N–H and O–H groups in total.